The molecule has 0 spiro atoms. The van der Waals surface area contributed by atoms with Crippen LogP contribution in [-0.4, -0.2) is 68.5 Å². The molecule has 0 aliphatic carbocycles. The standard InChI is InChI=1S/C19H22N4O5/c1-13(24)23(12-18(25)26)14-5-4-9-22(10-7-14)19(27)17-11-16(21-28-17)15-6-2-3-8-20-15/h2-3,6,8,11,14H,4-5,7,9-10,12H2,1H3,(H,25,26). The van der Waals surface area contributed by atoms with Gasteiger partial charge in [-0.1, -0.05) is 11.2 Å². The highest BCUT2D eigenvalue weighted by molar-refractivity contribution is 5.92. The summed E-state index contributed by atoms with van der Waals surface area (Å²) >= 11 is 0. The first kappa shape index (κ1) is 19.5. The van der Waals surface area contributed by atoms with E-state index in [2.05, 4.69) is 10.1 Å². The Hall–Kier alpha value is -3.23. The average Bonchev–Trinajstić information content (AvgIpc) is 3.05. The van der Waals surface area contributed by atoms with Crippen molar-refractivity contribution >= 4 is 17.8 Å². The fourth-order valence-corrected chi connectivity index (χ4v) is 3.40. The van der Waals surface area contributed by atoms with E-state index in [0.717, 1.165) is 0 Å². The van der Waals surface area contributed by atoms with Crippen LogP contribution in [0.15, 0.2) is 35.0 Å². The Morgan fingerprint density at radius 3 is 2.75 bits per heavy atom. The van der Waals surface area contributed by atoms with E-state index in [0.29, 0.717) is 43.7 Å². The zero-order valence-corrected chi connectivity index (χ0v) is 15.6. The maximum absolute atomic E-state index is 12.8. The van der Waals surface area contributed by atoms with Gasteiger partial charge in [-0.25, -0.2) is 0 Å². The smallest absolute Gasteiger partial charge is 0.323 e. The number of carboxylic acid groups (broad SMARTS) is 1. The first-order valence-corrected chi connectivity index (χ1v) is 9.12. The Morgan fingerprint density at radius 1 is 1.25 bits per heavy atom. The number of hydrogen-bond donors (Lipinski definition) is 1. The van der Waals surface area contributed by atoms with Crippen molar-refractivity contribution in [1.82, 2.24) is 19.9 Å². The van der Waals surface area contributed by atoms with E-state index in [4.69, 9.17) is 9.63 Å². The average molecular weight is 386 g/mol. The third kappa shape index (κ3) is 4.54. The van der Waals surface area contributed by atoms with Crippen LogP contribution in [0.3, 0.4) is 0 Å². The first-order chi connectivity index (χ1) is 13.5. The number of carboxylic acids is 1. The molecule has 3 heterocycles. The van der Waals surface area contributed by atoms with Crippen molar-refractivity contribution in [2.75, 3.05) is 19.6 Å². The van der Waals surface area contributed by atoms with Gasteiger partial charge in [0, 0.05) is 38.3 Å². The van der Waals surface area contributed by atoms with Crippen LogP contribution in [0.25, 0.3) is 11.4 Å². The molecule has 1 saturated heterocycles. The molecule has 2 aromatic heterocycles. The molecule has 0 saturated carbocycles. The molecule has 1 atom stereocenters. The predicted molar refractivity (Wildman–Crippen MR) is 98.3 cm³/mol. The summed E-state index contributed by atoms with van der Waals surface area (Å²) in [6.45, 7) is 1.95. The van der Waals surface area contributed by atoms with Crippen LogP contribution in [0, 0.1) is 0 Å². The summed E-state index contributed by atoms with van der Waals surface area (Å²) in [6.07, 6.45) is 3.46. The van der Waals surface area contributed by atoms with Gasteiger partial charge in [-0.15, -0.1) is 0 Å². The summed E-state index contributed by atoms with van der Waals surface area (Å²) in [4.78, 5) is 42.8. The number of likely N-dealkylation sites (tertiary alicyclic amines) is 1. The minimum Gasteiger partial charge on any atom is -0.480 e. The second kappa shape index (κ2) is 8.64. The molecule has 2 aromatic rings. The van der Waals surface area contributed by atoms with Gasteiger partial charge >= 0.3 is 5.97 Å². The second-order valence-electron chi connectivity index (χ2n) is 6.71. The number of aliphatic carboxylic acids is 1. The van der Waals surface area contributed by atoms with Crippen LogP contribution in [0.4, 0.5) is 0 Å². The molecule has 1 aliphatic heterocycles. The van der Waals surface area contributed by atoms with Gasteiger partial charge in [-0.2, -0.15) is 0 Å². The summed E-state index contributed by atoms with van der Waals surface area (Å²) in [5.74, 6) is -1.46. The molecule has 28 heavy (non-hydrogen) atoms. The van der Waals surface area contributed by atoms with Gasteiger partial charge in [0.1, 0.15) is 12.2 Å². The van der Waals surface area contributed by atoms with Crippen molar-refractivity contribution in [3.63, 3.8) is 0 Å². The van der Waals surface area contributed by atoms with Crippen LogP contribution in [0.1, 0.15) is 36.7 Å². The zero-order chi connectivity index (χ0) is 20.1. The number of aromatic nitrogens is 2. The van der Waals surface area contributed by atoms with Gasteiger partial charge in [0.2, 0.25) is 11.7 Å². The Kier molecular flexibility index (Phi) is 6.03. The number of nitrogens with zero attached hydrogens (tertiary/aromatic N) is 4. The van der Waals surface area contributed by atoms with Gasteiger partial charge in [-0.3, -0.25) is 19.4 Å². The van der Waals surface area contributed by atoms with Crippen molar-refractivity contribution in [3.05, 3.63) is 36.2 Å². The van der Waals surface area contributed by atoms with E-state index in [1.165, 1.54) is 11.8 Å². The highest BCUT2D eigenvalue weighted by atomic mass is 16.5. The van der Waals surface area contributed by atoms with E-state index in [-0.39, 0.29) is 30.2 Å². The van der Waals surface area contributed by atoms with Gasteiger partial charge in [0.25, 0.3) is 5.91 Å². The Bertz CT molecular complexity index is 851. The van der Waals surface area contributed by atoms with Crippen LogP contribution >= 0.6 is 0 Å². The Balaban J connectivity index is 1.67. The third-order valence-corrected chi connectivity index (χ3v) is 4.78. The number of amides is 2. The molecule has 9 heteroatoms. The van der Waals surface area contributed by atoms with Gasteiger partial charge in [-0.05, 0) is 31.4 Å². The van der Waals surface area contributed by atoms with E-state index in [9.17, 15) is 14.4 Å². The lowest BCUT2D eigenvalue weighted by molar-refractivity contribution is -0.145. The van der Waals surface area contributed by atoms with Crippen molar-refractivity contribution in [2.45, 2.75) is 32.2 Å². The summed E-state index contributed by atoms with van der Waals surface area (Å²) in [6, 6.07) is 6.76. The van der Waals surface area contributed by atoms with Crippen molar-refractivity contribution in [2.24, 2.45) is 0 Å². The molecule has 1 fully saturated rings. The third-order valence-electron chi connectivity index (χ3n) is 4.78. The molecule has 0 bridgehead atoms. The van der Waals surface area contributed by atoms with E-state index >= 15 is 0 Å². The van der Waals surface area contributed by atoms with Crippen LogP contribution < -0.4 is 0 Å². The quantitative estimate of drug-likeness (QED) is 0.830. The summed E-state index contributed by atoms with van der Waals surface area (Å²) in [7, 11) is 0. The summed E-state index contributed by atoms with van der Waals surface area (Å²) < 4.78 is 5.22. The van der Waals surface area contributed by atoms with Gasteiger partial charge < -0.3 is 19.4 Å². The predicted octanol–water partition coefficient (Wildman–Crippen LogP) is 1.66. The van der Waals surface area contributed by atoms with Crippen molar-refractivity contribution < 1.29 is 24.0 Å². The minimum absolute atomic E-state index is 0.132. The number of pyridine rings is 1. The van der Waals surface area contributed by atoms with Crippen molar-refractivity contribution in [3.8, 4) is 11.4 Å². The van der Waals surface area contributed by atoms with Crippen LogP contribution in [0.5, 0.6) is 0 Å². The first-order valence-electron chi connectivity index (χ1n) is 9.12. The normalized spacial score (nSPS) is 17.0. The molecular formula is C19H22N4O5. The fraction of sp³-hybridized carbons (Fsp3) is 0.421. The number of carbonyl (C=O) groups excluding carboxylic acids is 2. The highest BCUT2D eigenvalue weighted by Gasteiger charge is 2.29. The SMILES string of the molecule is CC(=O)N(CC(=O)O)C1CCCN(C(=O)c2cc(-c3ccccn3)no2)CC1. The molecule has 3 rings (SSSR count). The highest BCUT2D eigenvalue weighted by Crippen LogP contribution is 2.21. The maximum Gasteiger partial charge on any atom is 0.323 e. The lowest BCUT2D eigenvalue weighted by Gasteiger charge is -2.28. The molecule has 1 unspecified atom stereocenters. The van der Waals surface area contributed by atoms with E-state index in [1.807, 2.05) is 6.07 Å². The van der Waals surface area contributed by atoms with Gasteiger partial charge in [0.15, 0.2) is 0 Å². The molecule has 1 N–H and O–H groups in total. The largest absolute Gasteiger partial charge is 0.480 e. The summed E-state index contributed by atoms with van der Waals surface area (Å²) in [5, 5.41) is 13.0. The van der Waals surface area contributed by atoms with Crippen molar-refractivity contribution in [1.29, 1.82) is 0 Å². The van der Waals surface area contributed by atoms with Crippen LogP contribution in [-0.2, 0) is 9.59 Å². The Labute approximate surface area is 161 Å². The van der Waals surface area contributed by atoms with E-state index in [1.54, 1.807) is 29.3 Å². The molecule has 1 aliphatic rings. The molecule has 0 aromatic carbocycles. The second-order valence-corrected chi connectivity index (χ2v) is 6.71. The Morgan fingerprint density at radius 2 is 2.07 bits per heavy atom. The molecule has 148 valence electrons. The molecule has 9 nitrogen and oxygen atoms in total. The molecular weight excluding hydrogens is 364 g/mol. The number of rotatable bonds is 5. The monoisotopic (exact) mass is 386 g/mol. The summed E-state index contributed by atoms with van der Waals surface area (Å²) in [5.41, 5.74) is 1.10. The molecule has 0 radical (unpaired) electrons. The fourth-order valence-electron chi connectivity index (χ4n) is 3.40. The number of hydrogen-bond acceptors (Lipinski definition) is 6. The maximum atomic E-state index is 12.8. The minimum atomic E-state index is -1.05. The molecule has 2 amide bonds. The number of carbonyl (C=O) groups is 3. The zero-order valence-electron chi connectivity index (χ0n) is 15.6. The van der Waals surface area contributed by atoms with Crippen LogP contribution in [0.2, 0.25) is 0 Å². The lowest BCUT2D eigenvalue weighted by atomic mass is 10.1. The lowest BCUT2D eigenvalue weighted by Crippen LogP contribution is -2.43. The van der Waals surface area contributed by atoms with Gasteiger partial charge in [0.05, 0.1) is 5.69 Å². The van der Waals surface area contributed by atoms with E-state index < -0.39 is 5.97 Å². The topological polar surface area (TPSA) is 117 Å².